The van der Waals surface area contributed by atoms with Crippen molar-refractivity contribution in [2.75, 3.05) is 0 Å². The first-order valence-electron chi connectivity index (χ1n) is 22.4. The number of fused-ring (bicyclic) bond motifs is 11. The number of benzene rings is 7. The molecule has 0 bridgehead atoms. The van der Waals surface area contributed by atoms with Crippen LogP contribution in [-0.2, 0) is 5.41 Å². The second-order valence-corrected chi connectivity index (χ2v) is 18.0. The molecule has 2 heterocycles. The molecule has 0 amide bonds. The summed E-state index contributed by atoms with van der Waals surface area (Å²) < 4.78 is 5.21. The van der Waals surface area contributed by atoms with Crippen LogP contribution in [0.25, 0.3) is 71.6 Å². The fourth-order valence-corrected chi connectivity index (χ4v) is 12.2. The molecule has 4 aliphatic rings. The van der Waals surface area contributed by atoms with Gasteiger partial charge >= 0.3 is 0 Å². The zero-order valence-corrected chi connectivity index (χ0v) is 34.8. The van der Waals surface area contributed by atoms with E-state index in [1.54, 1.807) is 0 Å². The number of nitrogens with zero attached hydrogens (tertiary/aromatic N) is 2. The smallest absolute Gasteiger partial charge is 0.0552 e. The van der Waals surface area contributed by atoms with E-state index in [9.17, 15) is 0 Å². The second kappa shape index (κ2) is 13.7. The van der Waals surface area contributed by atoms with E-state index >= 15 is 0 Å². The molecule has 62 heavy (non-hydrogen) atoms. The summed E-state index contributed by atoms with van der Waals surface area (Å²) in [5.41, 5.74) is 16.8. The van der Waals surface area contributed by atoms with Crippen molar-refractivity contribution in [1.82, 2.24) is 9.13 Å². The van der Waals surface area contributed by atoms with Gasteiger partial charge < -0.3 is 9.13 Å². The van der Waals surface area contributed by atoms with E-state index in [0.717, 1.165) is 12.8 Å². The number of hydrogen-bond donors (Lipinski definition) is 0. The lowest BCUT2D eigenvalue weighted by atomic mass is 9.59. The lowest BCUT2D eigenvalue weighted by molar-refractivity contribution is 0.373. The molecule has 0 radical (unpaired) electrons. The summed E-state index contributed by atoms with van der Waals surface area (Å²) in [6.07, 6.45) is 23.3. The summed E-state index contributed by atoms with van der Waals surface area (Å²) in [5, 5.41) is 5.21. The summed E-state index contributed by atoms with van der Waals surface area (Å²) in [6.45, 7) is 2.42. The molecule has 7 aromatic carbocycles. The van der Waals surface area contributed by atoms with Crippen molar-refractivity contribution in [3.8, 4) is 27.9 Å². The molecule has 0 spiro atoms. The van der Waals surface area contributed by atoms with Crippen molar-refractivity contribution >= 4 is 43.6 Å². The zero-order valence-electron chi connectivity index (χ0n) is 34.8. The number of allylic oxidation sites excluding steroid dienone is 10. The van der Waals surface area contributed by atoms with Crippen molar-refractivity contribution in [3.05, 3.63) is 235 Å². The maximum atomic E-state index is 2.81. The predicted octanol–water partition coefficient (Wildman–Crippen LogP) is 15.3. The largest absolute Gasteiger partial charge is 0.337 e. The van der Waals surface area contributed by atoms with Crippen molar-refractivity contribution in [2.45, 2.75) is 31.2 Å². The first-order chi connectivity index (χ1) is 30.7. The normalized spacial score (nSPS) is 22.4. The summed E-state index contributed by atoms with van der Waals surface area (Å²) in [5.74, 6) is 0.967. The van der Waals surface area contributed by atoms with Gasteiger partial charge in [0.25, 0.3) is 0 Å². The van der Waals surface area contributed by atoms with Gasteiger partial charge in [0.15, 0.2) is 0 Å². The van der Waals surface area contributed by atoms with Crippen LogP contribution in [0.5, 0.6) is 0 Å². The van der Waals surface area contributed by atoms with E-state index in [2.05, 4.69) is 228 Å². The Morgan fingerprint density at radius 3 is 2.08 bits per heavy atom. The minimum absolute atomic E-state index is 0.221. The summed E-state index contributed by atoms with van der Waals surface area (Å²) in [7, 11) is 0. The highest BCUT2D eigenvalue weighted by molar-refractivity contribution is 6.14. The third-order valence-corrected chi connectivity index (χ3v) is 14.8. The van der Waals surface area contributed by atoms with Gasteiger partial charge in [0.05, 0.1) is 22.0 Å². The number of para-hydroxylation sites is 2. The van der Waals surface area contributed by atoms with Gasteiger partial charge in [-0.2, -0.15) is 0 Å². The van der Waals surface area contributed by atoms with Crippen LogP contribution in [0.4, 0.5) is 0 Å². The number of aromatic nitrogens is 2. The highest BCUT2D eigenvalue weighted by atomic mass is 15.0. The summed E-state index contributed by atoms with van der Waals surface area (Å²) in [6, 6.07) is 60.0. The van der Waals surface area contributed by atoms with Gasteiger partial charge in [-0.3, -0.25) is 0 Å². The van der Waals surface area contributed by atoms with Gasteiger partial charge in [-0.1, -0.05) is 177 Å². The number of hydrogen-bond acceptors (Lipinski definition) is 0. The third kappa shape index (κ3) is 4.98. The molecule has 4 aliphatic carbocycles. The molecular weight excluding hydrogens is 749 g/mol. The van der Waals surface area contributed by atoms with Gasteiger partial charge in [-0.05, 0) is 106 Å². The van der Waals surface area contributed by atoms with Crippen LogP contribution in [0.2, 0.25) is 0 Å². The van der Waals surface area contributed by atoms with Crippen LogP contribution < -0.4 is 0 Å². The Bertz CT molecular complexity index is 3440. The fraction of sp³-hybridized carbons (Fsp3) is 0.133. The SMILES string of the molecule is CC1C=CC=CC1C1(c2ccccc2)c2ccccc2-c2ccc3c4cc(-c5ccc6c(c5)c5ccccc5n6-c5ccccc5)ccc4n(C4CC=C5C=CC=CC5C4)c3c21. The zero-order chi connectivity index (χ0) is 40.9. The monoisotopic (exact) mass is 794 g/mol. The van der Waals surface area contributed by atoms with E-state index in [-0.39, 0.29) is 5.92 Å². The van der Waals surface area contributed by atoms with Crippen LogP contribution in [0.15, 0.2) is 218 Å². The minimum atomic E-state index is -0.399. The van der Waals surface area contributed by atoms with Gasteiger partial charge in [0.1, 0.15) is 0 Å². The Kier molecular flexibility index (Phi) is 7.85. The lowest BCUT2D eigenvalue weighted by Crippen LogP contribution is -2.39. The lowest BCUT2D eigenvalue weighted by Gasteiger charge is -2.43. The maximum Gasteiger partial charge on any atom is 0.0552 e. The highest BCUT2D eigenvalue weighted by Gasteiger charge is 2.52. The molecule has 0 saturated carbocycles. The topological polar surface area (TPSA) is 9.86 Å². The maximum absolute atomic E-state index is 2.81. The Labute approximate surface area is 362 Å². The summed E-state index contributed by atoms with van der Waals surface area (Å²) >= 11 is 0. The van der Waals surface area contributed by atoms with E-state index < -0.39 is 5.41 Å². The molecule has 0 fully saturated rings. The highest BCUT2D eigenvalue weighted by Crippen LogP contribution is 2.61. The first-order valence-corrected chi connectivity index (χ1v) is 22.4. The van der Waals surface area contributed by atoms with Gasteiger partial charge in [0.2, 0.25) is 0 Å². The van der Waals surface area contributed by atoms with Crippen LogP contribution in [0.3, 0.4) is 0 Å². The van der Waals surface area contributed by atoms with Crippen LogP contribution in [-0.4, -0.2) is 9.13 Å². The minimum Gasteiger partial charge on any atom is -0.337 e. The molecule has 0 saturated heterocycles. The second-order valence-electron chi connectivity index (χ2n) is 18.0. The molecule has 296 valence electrons. The average molecular weight is 795 g/mol. The fourth-order valence-electron chi connectivity index (χ4n) is 12.2. The van der Waals surface area contributed by atoms with Crippen molar-refractivity contribution in [3.63, 3.8) is 0 Å². The number of rotatable bonds is 5. The predicted molar refractivity (Wildman–Crippen MR) is 260 cm³/mol. The van der Waals surface area contributed by atoms with E-state index in [4.69, 9.17) is 0 Å². The molecule has 2 aromatic heterocycles. The van der Waals surface area contributed by atoms with Gasteiger partial charge in [-0.15, -0.1) is 0 Å². The molecule has 0 N–H and O–H groups in total. The van der Waals surface area contributed by atoms with E-state index in [0.29, 0.717) is 17.9 Å². The van der Waals surface area contributed by atoms with Crippen molar-refractivity contribution in [2.24, 2.45) is 17.8 Å². The quantitative estimate of drug-likeness (QED) is 0.164. The Hall–Kier alpha value is -7.16. The Balaban J connectivity index is 1.10. The molecule has 2 nitrogen and oxygen atoms in total. The molecule has 9 aromatic rings. The van der Waals surface area contributed by atoms with Crippen LogP contribution in [0.1, 0.15) is 42.5 Å². The van der Waals surface area contributed by atoms with E-state index in [1.807, 2.05) is 0 Å². The standard InChI is InChI=1S/C60H46N2/c1-39-16-8-13-25-53(39)60(44-19-4-2-5-20-44)54-26-14-11-23-47(54)49-32-33-50-52-38-43(30-35-57(52)62(59(50)58(49)60)46-31-28-40-17-9-10-18-41(40)36-46)42-29-34-56-51(37-42)48-24-12-15-27-55(48)61(56)45-21-6-3-7-22-45/h2-30,32-35,37-39,41,46,53H,31,36H2,1H3. The van der Waals surface area contributed by atoms with Crippen LogP contribution >= 0.6 is 0 Å². The van der Waals surface area contributed by atoms with Gasteiger partial charge in [0, 0.05) is 50.6 Å². The molecular formula is C60H46N2. The molecule has 5 unspecified atom stereocenters. The molecule has 5 atom stereocenters. The van der Waals surface area contributed by atoms with Gasteiger partial charge in [-0.25, -0.2) is 0 Å². The molecule has 13 rings (SSSR count). The average Bonchev–Trinajstić information content (AvgIpc) is 3.96. The molecule has 0 aliphatic heterocycles. The van der Waals surface area contributed by atoms with E-state index in [1.165, 1.54) is 93.8 Å². The third-order valence-electron chi connectivity index (χ3n) is 14.8. The summed E-state index contributed by atoms with van der Waals surface area (Å²) in [4.78, 5) is 0. The van der Waals surface area contributed by atoms with Crippen molar-refractivity contribution < 1.29 is 0 Å². The Morgan fingerprint density at radius 1 is 0.548 bits per heavy atom. The molecule has 2 heteroatoms. The van der Waals surface area contributed by atoms with Crippen LogP contribution in [0, 0.1) is 17.8 Å². The Morgan fingerprint density at radius 2 is 1.24 bits per heavy atom. The first kappa shape index (κ1) is 35.6. The van der Waals surface area contributed by atoms with Crippen molar-refractivity contribution in [1.29, 1.82) is 0 Å².